The number of benzene rings is 1. The molecule has 2 rings (SSSR count). The van der Waals surface area contributed by atoms with Crippen LogP contribution in [0.15, 0.2) is 16.6 Å². The van der Waals surface area contributed by atoms with Crippen LogP contribution < -0.4 is 9.64 Å². The molecule has 6 heteroatoms. The molecular weight excluding hydrogens is 326 g/mol. The molecule has 0 N–H and O–H groups in total. The van der Waals surface area contributed by atoms with Gasteiger partial charge in [0.1, 0.15) is 12.3 Å². The molecule has 0 unspecified atom stereocenters. The summed E-state index contributed by atoms with van der Waals surface area (Å²) in [5, 5.41) is 0. The van der Waals surface area contributed by atoms with Crippen molar-refractivity contribution < 1.29 is 19.1 Å². The summed E-state index contributed by atoms with van der Waals surface area (Å²) in [7, 11) is 2.84. The van der Waals surface area contributed by atoms with Crippen LogP contribution in [0.5, 0.6) is 5.75 Å². The third-order valence-electron chi connectivity index (χ3n) is 3.50. The van der Waals surface area contributed by atoms with Gasteiger partial charge in [-0.1, -0.05) is 15.9 Å². The van der Waals surface area contributed by atoms with E-state index in [1.54, 1.807) is 6.07 Å². The first-order valence-corrected chi connectivity index (χ1v) is 6.89. The molecule has 20 heavy (non-hydrogen) atoms. The Balaban J connectivity index is 2.61. The molecule has 0 aromatic heterocycles. The fourth-order valence-electron chi connectivity index (χ4n) is 2.38. The monoisotopic (exact) mass is 341 g/mol. The molecule has 0 fully saturated rings. The average molecular weight is 342 g/mol. The summed E-state index contributed by atoms with van der Waals surface area (Å²) in [6, 6.07) is 3.66. The molecule has 1 aromatic carbocycles. The van der Waals surface area contributed by atoms with Crippen molar-refractivity contribution in [2.75, 3.05) is 25.7 Å². The van der Waals surface area contributed by atoms with Gasteiger partial charge in [-0.3, -0.25) is 14.5 Å². The Morgan fingerprint density at radius 1 is 1.35 bits per heavy atom. The Bertz CT molecular complexity index is 583. The number of carbonyl (C=O) groups is 2. The lowest BCUT2D eigenvalue weighted by atomic mass is 9.86. The SMILES string of the molecule is COC(=O)CN1C(=O)C(C)(C)c2cc(Br)cc(OC)c21. The number of ether oxygens (including phenoxy) is 2. The number of anilines is 1. The summed E-state index contributed by atoms with van der Waals surface area (Å²) in [5.41, 5.74) is 0.758. The van der Waals surface area contributed by atoms with Crippen LogP contribution in [0, 0.1) is 0 Å². The van der Waals surface area contributed by atoms with Crippen LogP contribution in [0.4, 0.5) is 5.69 Å². The van der Waals surface area contributed by atoms with E-state index in [-0.39, 0.29) is 12.5 Å². The molecule has 0 aliphatic carbocycles. The first-order valence-electron chi connectivity index (χ1n) is 6.09. The molecule has 0 saturated carbocycles. The number of methoxy groups -OCH3 is 2. The van der Waals surface area contributed by atoms with E-state index in [1.165, 1.54) is 19.1 Å². The number of rotatable bonds is 3. The Morgan fingerprint density at radius 3 is 2.55 bits per heavy atom. The van der Waals surface area contributed by atoms with E-state index in [0.717, 1.165) is 10.0 Å². The predicted octanol–water partition coefficient (Wildman–Crippen LogP) is 2.25. The summed E-state index contributed by atoms with van der Waals surface area (Å²) in [4.78, 5) is 25.5. The van der Waals surface area contributed by atoms with Gasteiger partial charge < -0.3 is 9.47 Å². The molecule has 1 amide bonds. The molecule has 1 aromatic rings. The smallest absolute Gasteiger partial charge is 0.325 e. The van der Waals surface area contributed by atoms with Gasteiger partial charge in [0.2, 0.25) is 5.91 Å². The third-order valence-corrected chi connectivity index (χ3v) is 3.96. The normalized spacial score (nSPS) is 16.1. The summed E-state index contributed by atoms with van der Waals surface area (Å²) in [5.74, 6) is -0.0570. The van der Waals surface area contributed by atoms with E-state index in [2.05, 4.69) is 20.7 Å². The minimum atomic E-state index is -0.708. The maximum atomic E-state index is 12.6. The fraction of sp³-hybridized carbons (Fsp3) is 0.429. The second-order valence-corrected chi connectivity index (χ2v) is 6.01. The highest BCUT2D eigenvalue weighted by Gasteiger charge is 2.46. The minimum absolute atomic E-state index is 0.121. The van der Waals surface area contributed by atoms with Crippen LogP contribution in [-0.4, -0.2) is 32.6 Å². The Kier molecular flexibility index (Phi) is 3.77. The van der Waals surface area contributed by atoms with Crippen LogP contribution in [0.2, 0.25) is 0 Å². The van der Waals surface area contributed by atoms with Gasteiger partial charge in [0.15, 0.2) is 0 Å². The quantitative estimate of drug-likeness (QED) is 0.791. The van der Waals surface area contributed by atoms with E-state index in [0.29, 0.717) is 11.4 Å². The largest absolute Gasteiger partial charge is 0.495 e. The third kappa shape index (κ3) is 2.18. The zero-order chi connectivity index (χ0) is 15.1. The molecule has 0 spiro atoms. The average Bonchev–Trinajstić information content (AvgIpc) is 2.59. The lowest BCUT2D eigenvalue weighted by molar-refractivity contribution is -0.140. The summed E-state index contributed by atoms with van der Waals surface area (Å²) in [6.07, 6.45) is 0. The van der Waals surface area contributed by atoms with Gasteiger partial charge in [-0.2, -0.15) is 0 Å². The van der Waals surface area contributed by atoms with Crippen molar-refractivity contribution in [1.82, 2.24) is 0 Å². The fourth-order valence-corrected chi connectivity index (χ4v) is 2.82. The maximum absolute atomic E-state index is 12.6. The lowest BCUT2D eigenvalue weighted by Gasteiger charge is -2.19. The molecular formula is C14H16BrNO4. The minimum Gasteiger partial charge on any atom is -0.495 e. The number of esters is 1. The molecule has 5 nitrogen and oxygen atoms in total. The standard InChI is InChI=1S/C14H16BrNO4/c1-14(2)9-5-8(15)6-10(19-3)12(9)16(13(14)18)7-11(17)20-4/h5-6H,7H2,1-4H3. The topological polar surface area (TPSA) is 55.8 Å². The van der Waals surface area contributed by atoms with E-state index in [1.807, 2.05) is 19.9 Å². The van der Waals surface area contributed by atoms with Gasteiger partial charge in [-0.05, 0) is 31.5 Å². The molecule has 0 atom stereocenters. The van der Waals surface area contributed by atoms with Crippen LogP contribution in [-0.2, 0) is 19.7 Å². The highest BCUT2D eigenvalue weighted by Crippen LogP contribution is 2.48. The van der Waals surface area contributed by atoms with Crippen molar-refractivity contribution in [3.05, 3.63) is 22.2 Å². The number of fused-ring (bicyclic) bond motifs is 1. The summed E-state index contributed by atoms with van der Waals surface area (Å²) >= 11 is 3.41. The molecule has 1 aliphatic rings. The molecule has 0 bridgehead atoms. The van der Waals surface area contributed by atoms with Crippen molar-refractivity contribution in [2.24, 2.45) is 0 Å². The van der Waals surface area contributed by atoms with Crippen molar-refractivity contribution in [2.45, 2.75) is 19.3 Å². The van der Waals surface area contributed by atoms with Gasteiger partial charge in [-0.25, -0.2) is 0 Å². The highest BCUT2D eigenvalue weighted by molar-refractivity contribution is 9.10. The van der Waals surface area contributed by atoms with Gasteiger partial charge >= 0.3 is 5.97 Å². The lowest BCUT2D eigenvalue weighted by Crippen LogP contribution is -2.39. The van der Waals surface area contributed by atoms with E-state index in [9.17, 15) is 9.59 Å². The molecule has 0 saturated heterocycles. The number of nitrogens with zero attached hydrogens (tertiary/aromatic N) is 1. The van der Waals surface area contributed by atoms with Crippen LogP contribution in [0.3, 0.4) is 0 Å². The van der Waals surface area contributed by atoms with Crippen molar-refractivity contribution in [1.29, 1.82) is 0 Å². The number of halogens is 1. The Hall–Kier alpha value is -1.56. The van der Waals surface area contributed by atoms with Gasteiger partial charge in [-0.15, -0.1) is 0 Å². The number of hydrogen-bond donors (Lipinski definition) is 0. The van der Waals surface area contributed by atoms with E-state index in [4.69, 9.17) is 4.74 Å². The molecule has 1 heterocycles. The van der Waals surface area contributed by atoms with Crippen molar-refractivity contribution in [3.8, 4) is 5.75 Å². The van der Waals surface area contributed by atoms with Crippen LogP contribution >= 0.6 is 15.9 Å². The van der Waals surface area contributed by atoms with E-state index >= 15 is 0 Å². The molecule has 1 aliphatic heterocycles. The second kappa shape index (κ2) is 5.09. The second-order valence-electron chi connectivity index (χ2n) is 5.10. The van der Waals surface area contributed by atoms with Gasteiger partial charge in [0.25, 0.3) is 0 Å². The number of hydrogen-bond acceptors (Lipinski definition) is 4. The summed E-state index contributed by atoms with van der Waals surface area (Å²) in [6.45, 7) is 3.54. The summed E-state index contributed by atoms with van der Waals surface area (Å²) < 4.78 is 10.8. The van der Waals surface area contributed by atoms with Crippen molar-refractivity contribution in [3.63, 3.8) is 0 Å². The Labute approximate surface area is 126 Å². The molecule has 0 radical (unpaired) electrons. The van der Waals surface area contributed by atoms with E-state index < -0.39 is 11.4 Å². The number of carbonyl (C=O) groups excluding carboxylic acids is 2. The molecule has 108 valence electrons. The van der Waals surface area contributed by atoms with Crippen LogP contribution in [0.25, 0.3) is 0 Å². The maximum Gasteiger partial charge on any atom is 0.325 e. The zero-order valence-electron chi connectivity index (χ0n) is 11.8. The first kappa shape index (κ1) is 14.8. The van der Waals surface area contributed by atoms with Crippen LogP contribution in [0.1, 0.15) is 19.4 Å². The van der Waals surface area contributed by atoms with Crippen molar-refractivity contribution >= 4 is 33.5 Å². The Morgan fingerprint density at radius 2 is 2.00 bits per heavy atom. The van der Waals surface area contributed by atoms with Gasteiger partial charge in [0.05, 0.1) is 25.3 Å². The predicted molar refractivity (Wildman–Crippen MR) is 78.1 cm³/mol. The highest BCUT2D eigenvalue weighted by atomic mass is 79.9. The number of amides is 1. The first-order chi connectivity index (χ1) is 9.32. The van der Waals surface area contributed by atoms with Gasteiger partial charge in [0, 0.05) is 4.47 Å². The zero-order valence-corrected chi connectivity index (χ0v) is 13.4.